The lowest BCUT2D eigenvalue weighted by Gasteiger charge is -2.12. The third-order valence-electron chi connectivity index (χ3n) is 4.78. The zero-order valence-electron chi connectivity index (χ0n) is 16.9. The number of hydrogen-bond acceptors (Lipinski definition) is 4. The Labute approximate surface area is 190 Å². The number of rotatable bonds is 5. The highest BCUT2D eigenvalue weighted by molar-refractivity contribution is 6.31. The van der Waals surface area contributed by atoms with Gasteiger partial charge in [-0.15, -0.1) is 0 Å². The maximum Gasteiger partial charge on any atom is 0.259 e. The van der Waals surface area contributed by atoms with Gasteiger partial charge in [-0.25, -0.2) is 4.98 Å². The number of methoxy groups -OCH3 is 1. The minimum absolute atomic E-state index is 0.302. The monoisotopic (exact) mass is 451 g/mol. The van der Waals surface area contributed by atoms with E-state index < -0.39 is 0 Å². The third-order valence-corrected chi connectivity index (χ3v) is 5.25. The summed E-state index contributed by atoms with van der Waals surface area (Å²) >= 11 is 12.1. The number of aromatic nitrogens is 1. The first-order valence-corrected chi connectivity index (χ1v) is 10.3. The van der Waals surface area contributed by atoms with Gasteiger partial charge in [0.05, 0.1) is 18.2 Å². The Morgan fingerprint density at radius 3 is 2.52 bits per heavy atom. The lowest BCUT2D eigenvalue weighted by molar-refractivity contribution is 0.102. The molecule has 0 bridgehead atoms. The highest BCUT2D eigenvalue weighted by Crippen LogP contribution is 2.28. The Kier molecular flexibility index (Phi) is 5.98. The van der Waals surface area contributed by atoms with Crippen molar-refractivity contribution in [3.63, 3.8) is 0 Å². The van der Waals surface area contributed by atoms with E-state index in [2.05, 4.69) is 15.6 Å². The fourth-order valence-corrected chi connectivity index (χ4v) is 3.67. The van der Waals surface area contributed by atoms with Crippen molar-refractivity contribution in [1.82, 2.24) is 4.98 Å². The molecular weight excluding hydrogens is 433 g/mol. The summed E-state index contributed by atoms with van der Waals surface area (Å²) < 4.78 is 5.27. The van der Waals surface area contributed by atoms with E-state index in [1.807, 2.05) is 55.5 Å². The van der Waals surface area contributed by atoms with Gasteiger partial charge in [-0.05, 0) is 73.2 Å². The number of fused-ring (bicyclic) bond motifs is 1. The van der Waals surface area contributed by atoms with Crippen molar-refractivity contribution in [3.05, 3.63) is 87.9 Å². The molecule has 0 unspecified atom stereocenters. The summed E-state index contributed by atoms with van der Waals surface area (Å²) in [4.78, 5) is 17.4. The minimum atomic E-state index is -0.302. The number of halogens is 2. The molecule has 0 fully saturated rings. The second kappa shape index (κ2) is 8.84. The van der Waals surface area contributed by atoms with Crippen molar-refractivity contribution in [1.29, 1.82) is 0 Å². The number of benzene rings is 3. The molecule has 7 heteroatoms. The van der Waals surface area contributed by atoms with Crippen LogP contribution in [0.3, 0.4) is 0 Å². The number of aryl methyl sites for hydroxylation is 1. The predicted octanol–water partition coefficient (Wildman–Crippen LogP) is 6.85. The van der Waals surface area contributed by atoms with Gasteiger partial charge < -0.3 is 15.4 Å². The molecule has 2 N–H and O–H groups in total. The largest absolute Gasteiger partial charge is 0.496 e. The molecule has 1 aromatic heterocycles. The fraction of sp³-hybridized carbons (Fsp3) is 0.0833. The molecule has 0 aliphatic rings. The van der Waals surface area contributed by atoms with Gasteiger partial charge in [-0.1, -0.05) is 29.3 Å². The van der Waals surface area contributed by atoms with Crippen LogP contribution in [0.25, 0.3) is 10.9 Å². The highest BCUT2D eigenvalue weighted by atomic mass is 35.5. The summed E-state index contributed by atoms with van der Waals surface area (Å²) in [7, 11) is 1.51. The van der Waals surface area contributed by atoms with Crippen LogP contribution in [0.5, 0.6) is 5.75 Å². The number of nitrogens with one attached hydrogen (secondary N) is 2. The van der Waals surface area contributed by atoms with Crippen LogP contribution in [-0.2, 0) is 0 Å². The SMILES string of the molecule is COc1ccc(Cl)cc1C(=O)Nc1ccc2nc(Nc3cccc(Cl)c3)cc(C)c2c1. The number of hydrogen-bond donors (Lipinski definition) is 2. The number of ether oxygens (including phenoxy) is 1. The van der Waals surface area contributed by atoms with Crippen LogP contribution in [0.4, 0.5) is 17.2 Å². The smallest absolute Gasteiger partial charge is 0.259 e. The highest BCUT2D eigenvalue weighted by Gasteiger charge is 2.14. The molecule has 0 aliphatic carbocycles. The van der Waals surface area contributed by atoms with Crippen molar-refractivity contribution < 1.29 is 9.53 Å². The number of amides is 1. The number of pyridine rings is 1. The van der Waals surface area contributed by atoms with Gasteiger partial charge in [0.15, 0.2) is 0 Å². The molecule has 3 aromatic carbocycles. The quantitative estimate of drug-likeness (QED) is 0.348. The predicted molar refractivity (Wildman–Crippen MR) is 127 cm³/mol. The number of carbonyl (C=O) groups is 1. The summed E-state index contributed by atoms with van der Waals surface area (Å²) in [6.07, 6.45) is 0. The first kappa shape index (κ1) is 21.0. The molecular formula is C24H19Cl2N3O2. The van der Waals surface area contributed by atoms with Crippen molar-refractivity contribution >= 4 is 57.2 Å². The van der Waals surface area contributed by atoms with E-state index >= 15 is 0 Å². The molecule has 1 amide bonds. The lowest BCUT2D eigenvalue weighted by Crippen LogP contribution is -2.13. The normalized spacial score (nSPS) is 10.7. The maximum absolute atomic E-state index is 12.8. The second-order valence-corrected chi connectivity index (χ2v) is 7.86. The van der Waals surface area contributed by atoms with Crippen LogP contribution in [0.15, 0.2) is 66.7 Å². The molecule has 4 rings (SSSR count). The number of carbonyl (C=O) groups excluding carboxylic acids is 1. The van der Waals surface area contributed by atoms with Gasteiger partial charge in [0.25, 0.3) is 5.91 Å². The minimum Gasteiger partial charge on any atom is -0.496 e. The van der Waals surface area contributed by atoms with Crippen LogP contribution in [0, 0.1) is 6.92 Å². The van der Waals surface area contributed by atoms with E-state index in [9.17, 15) is 4.79 Å². The number of nitrogens with zero attached hydrogens (tertiary/aromatic N) is 1. The zero-order valence-corrected chi connectivity index (χ0v) is 18.4. The van der Waals surface area contributed by atoms with Crippen LogP contribution < -0.4 is 15.4 Å². The molecule has 0 aliphatic heterocycles. The molecule has 1 heterocycles. The average molecular weight is 452 g/mol. The van der Waals surface area contributed by atoms with E-state index in [1.54, 1.807) is 18.2 Å². The van der Waals surface area contributed by atoms with Gasteiger partial charge >= 0.3 is 0 Å². The van der Waals surface area contributed by atoms with Crippen LogP contribution in [-0.4, -0.2) is 18.0 Å². The summed E-state index contributed by atoms with van der Waals surface area (Å²) in [5.74, 6) is 0.869. The van der Waals surface area contributed by atoms with Crippen molar-refractivity contribution in [2.45, 2.75) is 6.92 Å². The van der Waals surface area contributed by atoms with Crippen molar-refractivity contribution in [2.75, 3.05) is 17.7 Å². The second-order valence-electron chi connectivity index (χ2n) is 6.99. The van der Waals surface area contributed by atoms with Crippen molar-refractivity contribution in [2.24, 2.45) is 0 Å². The summed E-state index contributed by atoms with van der Waals surface area (Å²) in [5, 5.41) is 8.23. The first-order chi connectivity index (χ1) is 14.9. The van der Waals surface area contributed by atoms with Gasteiger partial charge in [0.1, 0.15) is 11.6 Å². The van der Waals surface area contributed by atoms with Gasteiger partial charge in [0, 0.05) is 26.8 Å². The fourth-order valence-electron chi connectivity index (χ4n) is 3.31. The number of anilines is 3. The molecule has 31 heavy (non-hydrogen) atoms. The lowest BCUT2D eigenvalue weighted by atomic mass is 10.1. The summed E-state index contributed by atoms with van der Waals surface area (Å²) in [5.41, 5.74) is 3.71. The van der Waals surface area contributed by atoms with Crippen molar-refractivity contribution in [3.8, 4) is 5.75 Å². The Balaban J connectivity index is 1.60. The van der Waals surface area contributed by atoms with E-state index in [0.717, 1.165) is 22.2 Å². The van der Waals surface area contributed by atoms with E-state index in [0.29, 0.717) is 32.9 Å². The molecule has 0 spiro atoms. The zero-order chi connectivity index (χ0) is 22.0. The molecule has 0 saturated heterocycles. The molecule has 156 valence electrons. The Hall–Kier alpha value is -3.28. The Bertz CT molecular complexity index is 1290. The Morgan fingerprint density at radius 1 is 0.935 bits per heavy atom. The summed E-state index contributed by atoms with van der Waals surface area (Å²) in [6.45, 7) is 2.00. The third kappa shape index (κ3) is 4.74. The van der Waals surface area contributed by atoms with Gasteiger partial charge in [-0.3, -0.25) is 4.79 Å². The molecule has 0 radical (unpaired) electrons. The van der Waals surface area contributed by atoms with Gasteiger partial charge in [0.2, 0.25) is 0 Å². The van der Waals surface area contributed by atoms with Crippen LogP contribution >= 0.6 is 23.2 Å². The maximum atomic E-state index is 12.8. The van der Waals surface area contributed by atoms with Gasteiger partial charge in [-0.2, -0.15) is 0 Å². The molecule has 5 nitrogen and oxygen atoms in total. The average Bonchev–Trinajstić information content (AvgIpc) is 2.74. The standard InChI is InChI=1S/C24H19Cl2N3O2/c1-14-10-23(27-17-5-3-4-15(25)11-17)29-21-8-7-18(13-19(14)21)28-24(30)20-12-16(26)6-9-22(20)31-2/h3-13H,1-2H3,(H,27,29)(H,28,30). The molecule has 0 saturated carbocycles. The van der Waals surface area contributed by atoms with E-state index in [-0.39, 0.29) is 5.91 Å². The van der Waals surface area contributed by atoms with Crippen LogP contribution in [0.2, 0.25) is 10.0 Å². The van der Waals surface area contributed by atoms with E-state index in [1.165, 1.54) is 7.11 Å². The first-order valence-electron chi connectivity index (χ1n) is 9.52. The topological polar surface area (TPSA) is 63.2 Å². The Morgan fingerprint density at radius 2 is 1.74 bits per heavy atom. The van der Waals surface area contributed by atoms with Crippen LogP contribution in [0.1, 0.15) is 15.9 Å². The molecule has 4 aromatic rings. The molecule has 0 atom stereocenters. The summed E-state index contributed by atoms with van der Waals surface area (Å²) in [6, 6.07) is 19.9. The van der Waals surface area contributed by atoms with E-state index in [4.69, 9.17) is 27.9 Å².